The van der Waals surface area contributed by atoms with Gasteiger partial charge in [0.05, 0.1) is 11.4 Å². The average molecular weight is 361 g/mol. The van der Waals surface area contributed by atoms with Crippen molar-refractivity contribution in [3.05, 3.63) is 11.1 Å². The zero-order valence-corrected chi connectivity index (χ0v) is 15.9. The fraction of sp³-hybridized carbons (Fsp3) is 0.824. The molecule has 0 aliphatic carbocycles. The van der Waals surface area contributed by atoms with Crippen molar-refractivity contribution in [2.75, 3.05) is 18.8 Å². The van der Waals surface area contributed by atoms with E-state index >= 15 is 0 Å². The maximum Gasteiger partial charge on any atom is 0.161 e. The van der Waals surface area contributed by atoms with Crippen molar-refractivity contribution in [1.29, 1.82) is 0 Å². The van der Waals surface area contributed by atoms with Crippen LogP contribution in [0.2, 0.25) is 0 Å². The molecule has 0 saturated carbocycles. The van der Waals surface area contributed by atoms with Crippen LogP contribution in [-0.2, 0) is 6.42 Å². The molecule has 3 N–H and O–H groups in total. The largest absolute Gasteiger partial charge is 0.367 e. The third-order valence-electron chi connectivity index (χ3n) is 3.65. The van der Waals surface area contributed by atoms with E-state index in [1.807, 2.05) is 0 Å². The van der Waals surface area contributed by atoms with Crippen LogP contribution in [0.1, 0.15) is 64.0 Å². The molecule has 1 rings (SSSR count). The number of aliphatic hydroxyl groups is 2. The van der Waals surface area contributed by atoms with E-state index in [0.717, 1.165) is 29.5 Å². The molecule has 0 aromatic carbocycles. The minimum Gasteiger partial charge on any atom is -0.367 e. The van der Waals surface area contributed by atoms with E-state index in [-0.39, 0.29) is 5.75 Å². The van der Waals surface area contributed by atoms with Crippen LogP contribution < -0.4 is 5.32 Å². The monoisotopic (exact) mass is 360 g/mol. The fourth-order valence-corrected chi connectivity index (χ4v) is 4.01. The Kier molecular flexibility index (Phi) is 12.9. The number of thiazole rings is 1. The first kappa shape index (κ1) is 20.9. The van der Waals surface area contributed by atoms with Crippen molar-refractivity contribution in [2.45, 2.75) is 75.3 Å². The van der Waals surface area contributed by atoms with Crippen molar-refractivity contribution < 1.29 is 10.2 Å². The molecule has 0 unspecified atom stereocenters. The fourth-order valence-electron chi connectivity index (χ4n) is 2.34. The summed E-state index contributed by atoms with van der Waals surface area (Å²) < 4.78 is 0.913. The summed E-state index contributed by atoms with van der Waals surface area (Å²) in [5.74, 6) is 0.281. The van der Waals surface area contributed by atoms with Gasteiger partial charge in [-0.3, -0.25) is 0 Å². The Morgan fingerprint density at radius 1 is 1.09 bits per heavy atom. The van der Waals surface area contributed by atoms with E-state index < -0.39 is 6.29 Å². The van der Waals surface area contributed by atoms with Crippen LogP contribution in [-0.4, -0.2) is 40.3 Å². The Hall–Kier alpha value is -0.140. The van der Waals surface area contributed by atoms with E-state index in [1.54, 1.807) is 11.3 Å². The first-order valence-electron chi connectivity index (χ1n) is 8.86. The Morgan fingerprint density at radius 2 is 1.78 bits per heavy atom. The second kappa shape index (κ2) is 14.2. The van der Waals surface area contributed by atoms with E-state index in [0.29, 0.717) is 0 Å². The van der Waals surface area contributed by atoms with Crippen molar-refractivity contribution in [3.8, 4) is 0 Å². The van der Waals surface area contributed by atoms with Crippen LogP contribution in [0.15, 0.2) is 9.72 Å². The lowest BCUT2D eigenvalue weighted by Gasteiger charge is -2.04. The maximum atomic E-state index is 8.84. The summed E-state index contributed by atoms with van der Waals surface area (Å²) in [4.78, 5) is 4.48. The Bertz CT molecular complexity index is 386. The highest BCUT2D eigenvalue weighted by molar-refractivity contribution is 8.01. The summed E-state index contributed by atoms with van der Waals surface area (Å²) in [5, 5.41) is 23.2. The normalized spacial score (nSPS) is 11.5. The standard InChI is InChI=1S/C17H32N2O2S2/c1-2-3-4-5-6-7-8-9-11-18-12-10-15-13-22-17(19-15)23-14-16(20)21/h13,16,18,20-21H,2-12,14H2,1H3. The number of nitrogens with one attached hydrogen (secondary N) is 1. The number of aromatic nitrogens is 1. The Balaban J connectivity index is 1.91. The van der Waals surface area contributed by atoms with Crippen LogP contribution in [0.3, 0.4) is 0 Å². The minimum atomic E-state index is -1.26. The highest BCUT2D eigenvalue weighted by atomic mass is 32.2. The quantitative estimate of drug-likeness (QED) is 0.252. The highest BCUT2D eigenvalue weighted by Gasteiger charge is 2.05. The van der Waals surface area contributed by atoms with Gasteiger partial charge in [0, 0.05) is 18.3 Å². The molecule has 134 valence electrons. The molecule has 0 radical (unpaired) electrons. The molecule has 0 amide bonds. The summed E-state index contributed by atoms with van der Waals surface area (Å²) >= 11 is 2.97. The molecule has 0 bridgehead atoms. The number of unbranched alkanes of at least 4 members (excludes halogenated alkanes) is 7. The molecule has 0 atom stereocenters. The van der Waals surface area contributed by atoms with Crippen LogP contribution in [0.25, 0.3) is 0 Å². The molecule has 6 heteroatoms. The molecule has 23 heavy (non-hydrogen) atoms. The van der Waals surface area contributed by atoms with Gasteiger partial charge in [0.15, 0.2) is 6.29 Å². The number of hydrogen-bond acceptors (Lipinski definition) is 6. The van der Waals surface area contributed by atoms with Gasteiger partial charge < -0.3 is 15.5 Å². The number of rotatable bonds is 15. The van der Waals surface area contributed by atoms with Crippen molar-refractivity contribution in [1.82, 2.24) is 10.3 Å². The minimum absolute atomic E-state index is 0.281. The topological polar surface area (TPSA) is 65.4 Å². The zero-order chi connectivity index (χ0) is 16.8. The zero-order valence-electron chi connectivity index (χ0n) is 14.3. The van der Waals surface area contributed by atoms with Crippen LogP contribution in [0, 0.1) is 0 Å². The van der Waals surface area contributed by atoms with E-state index in [2.05, 4.69) is 22.6 Å². The van der Waals surface area contributed by atoms with E-state index in [9.17, 15) is 0 Å². The molecule has 1 aromatic rings. The number of hydrogen-bond donors (Lipinski definition) is 3. The van der Waals surface area contributed by atoms with Crippen LogP contribution >= 0.6 is 23.1 Å². The van der Waals surface area contributed by atoms with Crippen LogP contribution in [0.4, 0.5) is 0 Å². The number of thioether (sulfide) groups is 1. The number of nitrogens with zero attached hydrogens (tertiary/aromatic N) is 1. The first-order chi connectivity index (χ1) is 11.2. The third kappa shape index (κ3) is 12.0. The van der Waals surface area contributed by atoms with E-state index in [1.165, 1.54) is 63.1 Å². The van der Waals surface area contributed by atoms with Crippen molar-refractivity contribution in [2.24, 2.45) is 0 Å². The smallest absolute Gasteiger partial charge is 0.161 e. The molecule has 0 aliphatic rings. The Labute approximate surface area is 149 Å². The Morgan fingerprint density at radius 3 is 2.48 bits per heavy atom. The van der Waals surface area contributed by atoms with Gasteiger partial charge in [0.2, 0.25) is 0 Å². The lowest BCUT2D eigenvalue weighted by atomic mass is 10.1. The van der Waals surface area contributed by atoms with Gasteiger partial charge in [0.25, 0.3) is 0 Å². The SMILES string of the molecule is CCCCCCCCCCNCCc1csc(SCC(O)O)n1. The van der Waals surface area contributed by atoms with Crippen LogP contribution in [0.5, 0.6) is 0 Å². The molecule has 1 heterocycles. The average Bonchev–Trinajstić information content (AvgIpc) is 2.98. The highest BCUT2D eigenvalue weighted by Crippen LogP contribution is 2.23. The maximum absolute atomic E-state index is 8.84. The second-order valence-electron chi connectivity index (χ2n) is 5.87. The molecular formula is C17H32N2O2S2. The predicted octanol–water partition coefficient (Wildman–Crippen LogP) is 3.82. The predicted molar refractivity (Wildman–Crippen MR) is 100 cm³/mol. The van der Waals surface area contributed by atoms with Gasteiger partial charge in [-0.05, 0) is 13.0 Å². The molecule has 0 saturated heterocycles. The van der Waals surface area contributed by atoms with Gasteiger partial charge in [0.1, 0.15) is 4.34 Å². The summed E-state index contributed by atoms with van der Waals surface area (Å²) in [6, 6.07) is 0. The van der Waals surface area contributed by atoms with Crippen molar-refractivity contribution in [3.63, 3.8) is 0 Å². The van der Waals surface area contributed by atoms with Gasteiger partial charge >= 0.3 is 0 Å². The lowest BCUT2D eigenvalue weighted by Crippen LogP contribution is -2.18. The summed E-state index contributed by atoms with van der Waals surface area (Å²) in [6.45, 7) is 4.32. The van der Waals surface area contributed by atoms with Crippen molar-refractivity contribution >= 4 is 23.1 Å². The second-order valence-corrected chi connectivity index (χ2v) is 8.00. The summed E-state index contributed by atoms with van der Waals surface area (Å²) in [6.07, 6.45) is 10.6. The summed E-state index contributed by atoms with van der Waals surface area (Å²) in [5.41, 5.74) is 1.09. The summed E-state index contributed by atoms with van der Waals surface area (Å²) in [7, 11) is 0. The van der Waals surface area contributed by atoms with Gasteiger partial charge in [-0.2, -0.15) is 0 Å². The van der Waals surface area contributed by atoms with Gasteiger partial charge in [-0.15, -0.1) is 11.3 Å². The third-order valence-corrected chi connectivity index (χ3v) is 5.78. The van der Waals surface area contributed by atoms with E-state index in [4.69, 9.17) is 10.2 Å². The molecule has 4 nitrogen and oxygen atoms in total. The molecular weight excluding hydrogens is 328 g/mol. The molecule has 0 aliphatic heterocycles. The van der Waals surface area contributed by atoms with Gasteiger partial charge in [-0.1, -0.05) is 63.6 Å². The van der Waals surface area contributed by atoms with Gasteiger partial charge in [-0.25, -0.2) is 4.98 Å². The first-order valence-corrected chi connectivity index (χ1v) is 10.7. The molecule has 1 aromatic heterocycles. The molecule has 0 spiro atoms. The molecule has 0 fully saturated rings. The lowest BCUT2D eigenvalue weighted by molar-refractivity contribution is -0.0186. The number of aliphatic hydroxyl groups excluding tert-OH is 1.